The number of anilines is 3. The summed E-state index contributed by atoms with van der Waals surface area (Å²) in [5, 5.41) is 24.1. The number of ether oxygens (including phenoxy) is 1. The number of carboxylic acid groups (broad SMARTS) is 1. The molecule has 1 aromatic carbocycles. The van der Waals surface area contributed by atoms with Crippen LogP contribution in [0.4, 0.5) is 22.2 Å². The Morgan fingerprint density at radius 1 is 1.29 bits per heavy atom. The summed E-state index contributed by atoms with van der Waals surface area (Å²) in [6.45, 7) is 2.40. The molecule has 1 aliphatic heterocycles. The molecular formula is C20H24N8O3. The van der Waals surface area contributed by atoms with Gasteiger partial charge in [-0.1, -0.05) is 5.21 Å². The van der Waals surface area contributed by atoms with Crippen LogP contribution in [-0.2, 0) is 0 Å². The predicted molar refractivity (Wildman–Crippen MR) is 114 cm³/mol. The van der Waals surface area contributed by atoms with Gasteiger partial charge in [-0.25, -0.2) is 14.5 Å². The van der Waals surface area contributed by atoms with Gasteiger partial charge >= 0.3 is 6.09 Å². The summed E-state index contributed by atoms with van der Waals surface area (Å²) in [6, 6.07) is 7.08. The molecule has 0 spiro atoms. The van der Waals surface area contributed by atoms with Crippen molar-refractivity contribution in [2.24, 2.45) is 0 Å². The van der Waals surface area contributed by atoms with Gasteiger partial charge in [-0.3, -0.25) is 4.90 Å². The molecule has 0 saturated carbocycles. The first-order valence-electron chi connectivity index (χ1n) is 9.89. The lowest BCUT2D eigenvalue weighted by atomic mass is 10.1. The van der Waals surface area contributed by atoms with Crippen LogP contribution in [-0.4, -0.2) is 61.8 Å². The van der Waals surface area contributed by atoms with Gasteiger partial charge in [0, 0.05) is 31.0 Å². The van der Waals surface area contributed by atoms with E-state index in [9.17, 15) is 9.90 Å². The van der Waals surface area contributed by atoms with Crippen molar-refractivity contribution in [3.63, 3.8) is 0 Å². The van der Waals surface area contributed by atoms with Crippen LogP contribution >= 0.6 is 0 Å². The predicted octanol–water partition coefficient (Wildman–Crippen LogP) is 2.97. The second-order valence-electron chi connectivity index (χ2n) is 7.20. The normalized spacial score (nSPS) is 15.7. The number of hydrogen-bond acceptors (Lipinski definition) is 8. The molecule has 3 heterocycles. The standard InChI is InChI=1S/C20H24N8O3/c1-12-9-18(21-2)24-19(22-12)23-13-6-7-17(31-3)16(10-13)28-11-14(25-26-28)15-5-4-8-27(15)20(29)30/h6-7,9-11,15H,4-5,8H2,1-3H3,(H,29,30)(H2,21,22,23,24). The summed E-state index contributed by atoms with van der Waals surface area (Å²) in [4.78, 5) is 21.7. The van der Waals surface area contributed by atoms with E-state index in [1.165, 1.54) is 4.90 Å². The van der Waals surface area contributed by atoms with E-state index < -0.39 is 6.09 Å². The van der Waals surface area contributed by atoms with E-state index >= 15 is 0 Å². The van der Waals surface area contributed by atoms with Crippen molar-refractivity contribution >= 4 is 23.5 Å². The second-order valence-corrected chi connectivity index (χ2v) is 7.20. The fourth-order valence-corrected chi connectivity index (χ4v) is 3.68. The molecule has 3 aromatic rings. The van der Waals surface area contributed by atoms with Gasteiger partial charge < -0.3 is 20.5 Å². The highest BCUT2D eigenvalue weighted by molar-refractivity contribution is 5.66. The Morgan fingerprint density at radius 2 is 2.13 bits per heavy atom. The van der Waals surface area contributed by atoms with Crippen LogP contribution < -0.4 is 15.4 Å². The number of amides is 1. The summed E-state index contributed by atoms with van der Waals surface area (Å²) in [5.74, 6) is 1.77. The first-order chi connectivity index (χ1) is 15.0. The van der Waals surface area contributed by atoms with Gasteiger partial charge in [0.25, 0.3) is 0 Å². The van der Waals surface area contributed by atoms with Gasteiger partial charge in [0.1, 0.15) is 22.9 Å². The molecule has 0 aliphatic carbocycles. The van der Waals surface area contributed by atoms with Crippen molar-refractivity contribution in [2.75, 3.05) is 31.3 Å². The van der Waals surface area contributed by atoms with Crippen molar-refractivity contribution in [3.8, 4) is 11.4 Å². The highest BCUT2D eigenvalue weighted by Gasteiger charge is 2.32. The summed E-state index contributed by atoms with van der Waals surface area (Å²) < 4.78 is 7.08. The molecule has 1 fully saturated rings. The summed E-state index contributed by atoms with van der Waals surface area (Å²) in [5.41, 5.74) is 2.85. The zero-order valence-electron chi connectivity index (χ0n) is 17.5. The summed E-state index contributed by atoms with van der Waals surface area (Å²) >= 11 is 0. The van der Waals surface area contributed by atoms with Gasteiger partial charge in [-0.15, -0.1) is 5.10 Å². The molecule has 4 rings (SSSR count). The van der Waals surface area contributed by atoms with Gasteiger partial charge in [0.05, 0.1) is 19.3 Å². The number of hydrogen-bond donors (Lipinski definition) is 3. The fourth-order valence-electron chi connectivity index (χ4n) is 3.68. The van der Waals surface area contributed by atoms with E-state index in [-0.39, 0.29) is 6.04 Å². The lowest BCUT2D eigenvalue weighted by Gasteiger charge is -2.18. The molecule has 1 atom stereocenters. The topological polar surface area (TPSA) is 130 Å². The Kier molecular flexibility index (Phi) is 5.56. The smallest absolute Gasteiger partial charge is 0.407 e. The maximum absolute atomic E-state index is 11.5. The van der Waals surface area contributed by atoms with Crippen molar-refractivity contribution < 1.29 is 14.6 Å². The quantitative estimate of drug-likeness (QED) is 0.546. The lowest BCUT2D eigenvalue weighted by Crippen LogP contribution is -2.28. The van der Waals surface area contributed by atoms with Crippen molar-refractivity contribution in [2.45, 2.75) is 25.8 Å². The Labute approximate surface area is 179 Å². The van der Waals surface area contributed by atoms with Crippen molar-refractivity contribution in [1.82, 2.24) is 29.9 Å². The Balaban J connectivity index is 1.64. The summed E-state index contributed by atoms with van der Waals surface area (Å²) in [7, 11) is 3.38. The molecule has 0 bridgehead atoms. The van der Waals surface area contributed by atoms with E-state index in [0.717, 1.165) is 24.2 Å². The minimum Gasteiger partial charge on any atom is -0.494 e. The van der Waals surface area contributed by atoms with E-state index in [2.05, 4.69) is 30.9 Å². The van der Waals surface area contributed by atoms with Crippen LogP contribution in [0.25, 0.3) is 5.69 Å². The zero-order valence-corrected chi connectivity index (χ0v) is 17.5. The first kappa shape index (κ1) is 20.4. The number of nitrogens with zero attached hydrogens (tertiary/aromatic N) is 6. The maximum atomic E-state index is 11.5. The molecule has 1 amide bonds. The molecule has 0 radical (unpaired) electrons. The molecule has 3 N–H and O–H groups in total. The van der Waals surface area contributed by atoms with Gasteiger partial charge in [0.2, 0.25) is 5.95 Å². The van der Waals surface area contributed by atoms with Crippen LogP contribution in [0.1, 0.15) is 30.3 Å². The van der Waals surface area contributed by atoms with Crippen LogP contribution in [0.2, 0.25) is 0 Å². The number of aromatic nitrogens is 5. The number of nitrogens with one attached hydrogen (secondary N) is 2. The van der Waals surface area contributed by atoms with E-state index in [0.29, 0.717) is 35.4 Å². The monoisotopic (exact) mass is 424 g/mol. The number of likely N-dealkylation sites (tertiary alicyclic amines) is 1. The maximum Gasteiger partial charge on any atom is 0.407 e. The van der Waals surface area contributed by atoms with E-state index in [1.807, 2.05) is 31.2 Å². The third kappa shape index (κ3) is 4.20. The minimum absolute atomic E-state index is 0.292. The molecule has 11 heteroatoms. The number of rotatable bonds is 6. The van der Waals surface area contributed by atoms with Gasteiger partial charge in [-0.05, 0) is 38.0 Å². The largest absolute Gasteiger partial charge is 0.494 e. The molecule has 1 saturated heterocycles. The van der Waals surface area contributed by atoms with E-state index in [1.54, 1.807) is 25.0 Å². The first-order valence-corrected chi connectivity index (χ1v) is 9.89. The molecule has 1 aliphatic rings. The fraction of sp³-hybridized carbons (Fsp3) is 0.350. The highest BCUT2D eigenvalue weighted by atomic mass is 16.5. The second kappa shape index (κ2) is 8.46. The lowest BCUT2D eigenvalue weighted by molar-refractivity contribution is 0.139. The van der Waals surface area contributed by atoms with Gasteiger partial charge in [-0.2, -0.15) is 4.98 Å². The zero-order chi connectivity index (χ0) is 22.0. The van der Waals surface area contributed by atoms with Crippen LogP contribution in [0.15, 0.2) is 30.5 Å². The Morgan fingerprint density at radius 3 is 2.87 bits per heavy atom. The molecule has 2 aromatic heterocycles. The van der Waals surface area contributed by atoms with Crippen molar-refractivity contribution in [1.29, 1.82) is 0 Å². The third-order valence-corrected chi connectivity index (χ3v) is 5.14. The summed E-state index contributed by atoms with van der Waals surface area (Å²) in [6.07, 6.45) is 2.33. The SMILES string of the molecule is CNc1cc(C)nc(Nc2ccc(OC)c(-n3cc(C4CCCN4C(=O)O)nn3)c2)n1. The Hall–Kier alpha value is -3.89. The van der Waals surface area contributed by atoms with Gasteiger partial charge in [0.15, 0.2) is 0 Å². The van der Waals surface area contributed by atoms with Crippen LogP contribution in [0.5, 0.6) is 5.75 Å². The average molecular weight is 424 g/mol. The molecular weight excluding hydrogens is 400 g/mol. The molecule has 162 valence electrons. The highest BCUT2D eigenvalue weighted by Crippen LogP contribution is 2.32. The Bertz CT molecular complexity index is 1100. The molecule has 1 unspecified atom stereocenters. The van der Waals surface area contributed by atoms with Crippen LogP contribution in [0.3, 0.4) is 0 Å². The van der Waals surface area contributed by atoms with E-state index in [4.69, 9.17) is 4.74 Å². The average Bonchev–Trinajstić information content (AvgIpc) is 3.42. The van der Waals surface area contributed by atoms with Crippen LogP contribution in [0, 0.1) is 6.92 Å². The number of benzene rings is 1. The minimum atomic E-state index is -0.945. The number of carbonyl (C=O) groups is 1. The number of aryl methyl sites for hydroxylation is 1. The third-order valence-electron chi connectivity index (χ3n) is 5.14. The molecule has 11 nitrogen and oxygen atoms in total. The van der Waals surface area contributed by atoms with Crippen molar-refractivity contribution in [3.05, 3.63) is 41.9 Å². The number of methoxy groups -OCH3 is 1. The molecule has 31 heavy (non-hydrogen) atoms.